The van der Waals surface area contributed by atoms with Crippen LogP contribution in [0.1, 0.15) is 63.7 Å². The maximum Gasteiger partial charge on any atom is 0.252 e. The second kappa shape index (κ2) is 15.4. The van der Waals surface area contributed by atoms with Crippen molar-refractivity contribution >= 4 is 99.2 Å². The van der Waals surface area contributed by atoms with Crippen molar-refractivity contribution in [3.8, 4) is 0 Å². The summed E-state index contributed by atoms with van der Waals surface area (Å²) in [5.74, 6) is 0. The van der Waals surface area contributed by atoms with Crippen LogP contribution in [-0.4, -0.2) is 19.9 Å². The average molecular weight is 699 g/mol. The van der Waals surface area contributed by atoms with Crippen LogP contribution in [0, 0.1) is 0 Å². The van der Waals surface area contributed by atoms with Crippen molar-refractivity contribution in [1.82, 2.24) is 0 Å². The maximum absolute atomic E-state index is 11.1. The fourth-order valence-corrected chi connectivity index (χ4v) is 4.07. The first-order valence-electron chi connectivity index (χ1n) is 11.7. The second-order valence-corrected chi connectivity index (χ2v) is 10.4. The number of hydrogen-bond acceptors (Lipinski definition) is 4. The van der Waals surface area contributed by atoms with Crippen LogP contribution in [0.4, 0.5) is 0 Å². The van der Waals surface area contributed by atoms with Crippen molar-refractivity contribution in [2.75, 3.05) is 0 Å². The molecule has 0 aliphatic heterocycles. The lowest BCUT2D eigenvalue weighted by Gasteiger charge is -1.98. The maximum atomic E-state index is 11.1. The third-order valence-corrected chi connectivity index (χ3v) is 6.84. The van der Waals surface area contributed by atoms with E-state index in [2.05, 4.69) is 31.9 Å². The van der Waals surface area contributed by atoms with Gasteiger partial charge < -0.3 is 0 Å². The molecule has 0 aromatic heterocycles. The first-order chi connectivity index (χ1) is 19.1. The van der Waals surface area contributed by atoms with Gasteiger partial charge in [-0.25, -0.2) is 0 Å². The topological polar surface area (TPSA) is 68.3 Å². The molecule has 0 atom stereocenters. The molecule has 4 rings (SSSR count). The van der Waals surface area contributed by atoms with E-state index in [0.717, 1.165) is 22.3 Å². The van der Waals surface area contributed by atoms with Crippen molar-refractivity contribution < 1.29 is 19.2 Å². The van der Waals surface area contributed by atoms with Crippen LogP contribution in [0.2, 0.25) is 0 Å². The fourth-order valence-electron chi connectivity index (χ4n) is 3.29. The van der Waals surface area contributed by atoms with E-state index in [1.165, 1.54) is 0 Å². The molecule has 0 bridgehead atoms. The van der Waals surface area contributed by atoms with E-state index in [4.69, 9.17) is 23.2 Å². The Hall–Kier alpha value is -3.42. The summed E-state index contributed by atoms with van der Waals surface area (Å²) in [6.45, 7) is 0. The molecule has 0 unspecified atom stereocenters. The molecule has 0 N–H and O–H groups in total. The molecule has 0 heterocycles. The molecule has 4 nitrogen and oxygen atoms in total. The van der Waals surface area contributed by atoms with Gasteiger partial charge in [0, 0.05) is 22.3 Å². The summed E-state index contributed by atoms with van der Waals surface area (Å²) in [6.07, 6.45) is 7.71. The monoisotopic (exact) mass is 696 g/mol. The van der Waals surface area contributed by atoms with Crippen molar-refractivity contribution in [2.24, 2.45) is 0 Å². The zero-order valence-corrected chi connectivity index (χ0v) is 25.4. The van der Waals surface area contributed by atoms with Gasteiger partial charge in [-0.2, -0.15) is 0 Å². The Morgan fingerprint density at radius 3 is 0.775 bits per heavy atom. The summed E-state index contributed by atoms with van der Waals surface area (Å²) >= 11 is 16.6. The molecule has 8 heteroatoms. The molecule has 40 heavy (non-hydrogen) atoms. The van der Waals surface area contributed by atoms with Gasteiger partial charge in [-0.05, 0) is 126 Å². The Kier molecular flexibility index (Phi) is 12.0. The minimum atomic E-state index is -0.470. The lowest BCUT2D eigenvalue weighted by molar-refractivity contribution is 0.107. The van der Waals surface area contributed by atoms with Crippen LogP contribution in [-0.2, 0) is 0 Å². The van der Waals surface area contributed by atoms with Crippen molar-refractivity contribution in [2.45, 2.75) is 0 Å². The molecule has 0 amide bonds. The number of rotatable bonds is 8. The van der Waals surface area contributed by atoms with Gasteiger partial charge in [0.05, 0.1) is 0 Å². The van der Waals surface area contributed by atoms with Crippen LogP contribution in [0.3, 0.4) is 0 Å². The predicted octanol–water partition coefficient (Wildman–Crippen LogP) is 9.54. The number of carbonyl (C=O) groups is 4. The highest BCUT2D eigenvalue weighted by Gasteiger charge is 2.02. The molecule has 0 aliphatic carbocycles. The summed E-state index contributed by atoms with van der Waals surface area (Å²) in [4.78, 5) is 44.0. The van der Waals surface area contributed by atoms with E-state index in [1.807, 2.05) is 72.8 Å². The molecule has 0 saturated heterocycles. The van der Waals surface area contributed by atoms with Gasteiger partial charge in [0.1, 0.15) is 0 Å². The Morgan fingerprint density at radius 1 is 0.400 bits per heavy atom. The zero-order chi connectivity index (χ0) is 29.1. The van der Waals surface area contributed by atoms with Gasteiger partial charge >= 0.3 is 0 Å². The van der Waals surface area contributed by atoms with Crippen LogP contribution in [0.5, 0.6) is 0 Å². The summed E-state index contributed by atoms with van der Waals surface area (Å²) < 4.78 is -0.244. The summed E-state index contributed by atoms with van der Waals surface area (Å²) in [5.41, 5.74) is 6.09. The first-order valence-corrected chi connectivity index (χ1v) is 14.0. The number of benzene rings is 4. The van der Waals surface area contributed by atoms with E-state index >= 15 is 0 Å². The molecule has 200 valence electrons. The van der Waals surface area contributed by atoms with Gasteiger partial charge in [0.25, 0.3) is 10.5 Å². The molecule has 0 fully saturated rings. The lowest BCUT2D eigenvalue weighted by Crippen LogP contribution is -1.87. The van der Waals surface area contributed by atoms with E-state index in [1.54, 1.807) is 48.5 Å². The predicted molar refractivity (Wildman–Crippen MR) is 171 cm³/mol. The van der Waals surface area contributed by atoms with Crippen molar-refractivity contribution in [3.63, 3.8) is 0 Å². The number of halogens is 4. The molecule has 0 spiro atoms. The van der Waals surface area contributed by atoms with E-state index < -0.39 is 10.5 Å². The van der Waals surface area contributed by atoms with Crippen LogP contribution < -0.4 is 0 Å². The van der Waals surface area contributed by atoms with Crippen LogP contribution >= 0.6 is 55.1 Å². The first kappa shape index (κ1) is 31.1. The molecule has 4 aromatic carbocycles. The third-order valence-electron chi connectivity index (χ3n) is 5.49. The molecular formula is C32H20Br2Cl2O4. The van der Waals surface area contributed by atoms with Crippen molar-refractivity contribution in [1.29, 1.82) is 0 Å². The Morgan fingerprint density at radius 2 is 0.600 bits per heavy atom. The number of carbonyl (C=O) groups excluding carboxylic acids is 4. The van der Waals surface area contributed by atoms with Crippen molar-refractivity contribution in [3.05, 3.63) is 142 Å². The van der Waals surface area contributed by atoms with E-state index in [9.17, 15) is 19.2 Å². The smallest absolute Gasteiger partial charge is 0.252 e. The van der Waals surface area contributed by atoms with E-state index in [0.29, 0.717) is 22.3 Å². The van der Waals surface area contributed by atoms with Gasteiger partial charge in [0.15, 0.2) is 0 Å². The average Bonchev–Trinajstić information content (AvgIpc) is 2.96. The van der Waals surface area contributed by atoms with Crippen LogP contribution in [0.15, 0.2) is 97.1 Å². The quantitative estimate of drug-likeness (QED) is 0.136. The third kappa shape index (κ3) is 9.96. The molecule has 0 aliphatic rings. The lowest BCUT2D eigenvalue weighted by atomic mass is 10.1. The highest BCUT2D eigenvalue weighted by molar-refractivity contribution is 9.18. The molecular weight excluding hydrogens is 679 g/mol. The van der Waals surface area contributed by atoms with Gasteiger partial charge in [0.2, 0.25) is 9.39 Å². The molecule has 0 radical (unpaired) electrons. The van der Waals surface area contributed by atoms with Gasteiger partial charge in [-0.3, -0.25) is 19.2 Å². The van der Waals surface area contributed by atoms with Gasteiger partial charge in [-0.15, -0.1) is 0 Å². The highest BCUT2D eigenvalue weighted by Crippen LogP contribution is 2.15. The minimum Gasteiger partial charge on any atom is -0.281 e. The van der Waals surface area contributed by atoms with Crippen LogP contribution in [0.25, 0.3) is 24.3 Å². The standard InChI is InChI=1S/C16H10Br2O2.C16H10Cl2O2/c2*17-15(19)13-7-3-11(4-8-13)1-2-12-5-9-14(10-6-12)16(18)20/h2*1-10H. The van der Waals surface area contributed by atoms with E-state index in [-0.39, 0.29) is 9.39 Å². The molecule has 0 saturated carbocycles. The highest BCUT2D eigenvalue weighted by atomic mass is 79.9. The van der Waals surface area contributed by atoms with Gasteiger partial charge in [-0.1, -0.05) is 72.8 Å². The Labute approximate surface area is 258 Å². The Balaban J connectivity index is 0.000000220. The molecule has 4 aromatic rings. The second-order valence-electron chi connectivity index (χ2n) is 8.25. The normalized spacial score (nSPS) is 10.7. The summed E-state index contributed by atoms with van der Waals surface area (Å²) in [5, 5.41) is -0.941. The largest absolute Gasteiger partial charge is 0.281 e. The summed E-state index contributed by atoms with van der Waals surface area (Å²) in [7, 11) is 0. The number of hydrogen-bond donors (Lipinski definition) is 0. The minimum absolute atomic E-state index is 0.122. The fraction of sp³-hybridized carbons (Fsp3) is 0. The summed E-state index contributed by atoms with van der Waals surface area (Å²) in [6, 6.07) is 28.5. The Bertz CT molecular complexity index is 1320. The zero-order valence-electron chi connectivity index (χ0n) is 20.7. The SMILES string of the molecule is O=C(Br)c1ccc(C=Cc2ccc(C(=O)Br)cc2)cc1.O=C(Cl)c1ccc(C=Cc2ccc(C(=O)Cl)cc2)cc1.